The van der Waals surface area contributed by atoms with Crippen LogP contribution in [0.25, 0.3) is 0 Å². The first-order valence-electron chi connectivity index (χ1n) is 13.1. The van der Waals surface area contributed by atoms with E-state index < -0.39 is 23.8 Å². The van der Waals surface area contributed by atoms with E-state index in [1.165, 1.54) is 0 Å². The minimum atomic E-state index is -0.777. The Balaban J connectivity index is 2.39. The lowest BCUT2D eigenvalue weighted by atomic mass is 10.0. The Hall–Kier alpha value is -2.22. The van der Waals surface area contributed by atoms with Gasteiger partial charge in [-0.1, -0.05) is 56.5 Å². The summed E-state index contributed by atoms with van der Waals surface area (Å²) < 4.78 is 5.45. The molecule has 1 aromatic rings. The topological polar surface area (TPSA) is 87.7 Å². The molecule has 7 nitrogen and oxygen atoms in total. The number of nitrogens with zero attached hydrogens (tertiary/aromatic N) is 1. The molecule has 2 N–H and O–H groups in total. The summed E-state index contributed by atoms with van der Waals surface area (Å²) in [5.41, 5.74) is 1.19. The Morgan fingerprint density at radius 2 is 1.81 bits per heavy atom. The van der Waals surface area contributed by atoms with E-state index in [0.29, 0.717) is 18.7 Å². The third kappa shape index (κ3) is 9.34. The summed E-state index contributed by atoms with van der Waals surface area (Å²) in [6.45, 7) is 12.2. The molecule has 0 radical (unpaired) electrons. The molecule has 4 unspecified atom stereocenters. The number of thioether (sulfide) groups is 1. The number of aryl methyl sites for hydroxylation is 1. The molecule has 3 amide bonds. The number of carbonyl (C=O) groups excluding carboxylic acids is 3. The highest BCUT2D eigenvalue weighted by Gasteiger charge is 2.48. The summed E-state index contributed by atoms with van der Waals surface area (Å²) in [6.07, 6.45) is 5.63. The van der Waals surface area contributed by atoms with E-state index in [-0.39, 0.29) is 23.8 Å². The molecule has 8 heteroatoms. The van der Waals surface area contributed by atoms with Crippen molar-refractivity contribution in [2.75, 3.05) is 18.6 Å². The summed E-state index contributed by atoms with van der Waals surface area (Å²) in [7, 11) is 0. The smallest absolute Gasteiger partial charge is 0.408 e. The van der Waals surface area contributed by atoms with E-state index in [2.05, 4.69) is 24.5 Å². The van der Waals surface area contributed by atoms with Crippen LogP contribution < -0.4 is 10.6 Å². The summed E-state index contributed by atoms with van der Waals surface area (Å²) in [5.74, 6) is 0.568. The Labute approximate surface area is 221 Å². The van der Waals surface area contributed by atoms with Gasteiger partial charge in [-0.2, -0.15) is 11.8 Å². The molecule has 1 saturated carbocycles. The van der Waals surface area contributed by atoms with Crippen LogP contribution in [0.1, 0.15) is 83.9 Å². The highest BCUT2D eigenvalue weighted by atomic mass is 32.2. The van der Waals surface area contributed by atoms with E-state index in [1.807, 2.05) is 37.4 Å². The fourth-order valence-corrected chi connectivity index (χ4v) is 4.64. The molecular weight excluding hydrogens is 474 g/mol. The van der Waals surface area contributed by atoms with Crippen molar-refractivity contribution in [1.29, 1.82) is 0 Å². The molecule has 1 fully saturated rings. The summed E-state index contributed by atoms with van der Waals surface area (Å²) in [6, 6.07) is 6.20. The van der Waals surface area contributed by atoms with Crippen LogP contribution in [0.2, 0.25) is 0 Å². The molecule has 36 heavy (non-hydrogen) atoms. The number of nitrogens with one attached hydrogen (secondary N) is 2. The number of unbranched alkanes of at least 4 members (excludes halogenated alkanes) is 2. The fourth-order valence-electron chi connectivity index (χ4n) is 4.17. The number of hydrogen-bond acceptors (Lipinski definition) is 5. The van der Waals surface area contributed by atoms with E-state index in [1.54, 1.807) is 37.4 Å². The summed E-state index contributed by atoms with van der Waals surface area (Å²) >= 11 is 1.61. The van der Waals surface area contributed by atoms with Crippen LogP contribution in [-0.4, -0.2) is 59.0 Å². The lowest BCUT2D eigenvalue weighted by Crippen LogP contribution is -2.54. The van der Waals surface area contributed by atoms with Crippen LogP contribution in [0.5, 0.6) is 0 Å². The van der Waals surface area contributed by atoms with Gasteiger partial charge in [-0.05, 0) is 70.4 Å². The Bertz CT molecular complexity index is 869. The van der Waals surface area contributed by atoms with Gasteiger partial charge in [0, 0.05) is 12.6 Å². The van der Waals surface area contributed by atoms with Crippen LogP contribution in [0.3, 0.4) is 0 Å². The van der Waals surface area contributed by atoms with Crippen LogP contribution in [0, 0.1) is 12.8 Å². The highest BCUT2D eigenvalue weighted by molar-refractivity contribution is 7.98. The standard InChI is InChI=1S/C28H45N3O4S/c1-8-9-10-16-29-25(32)24(21-13-11-19(2)12-14-21)31(23-18-20(23)3)26(33)22(15-17-36-7)30-27(34)35-28(4,5)6/h11-14,20,22-24H,8-10,15-18H2,1-7H3,(H,29,32)(H,30,34). The maximum atomic E-state index is 14.1. The maximum absolute atomic E-state index is 14.1. The summed E-state index contributed by atoms with van der Waals surface area (Å²) in [5, 5.41) is 5.87. The zero-order valence-corrected chi connectivity index (χ0v) is 23.9. The van der Waals surface area contributed by atoms with Crippen LogP contribution in [0.15, 0.2) is 24.3 Å². The Kier molecular flexibility index (Phi) is 11.6. The average Bonchev–Trinajstić information content (AvgIpc) is 3.52. The van der Waals surface area contributed by atoms with Gasteiger partial charge in [0.15, 0.2) is 0 Å². The van der Waals surface area contributed by atoms with Crippen molar-refractivity contribution in [1.82, 2.24) is 15.5 Å². The van der Waals surface area contributed by atoms with Gasteiger partial charge in [-0.25, -0.2) is 4.79 Å². The van der Waals surface area contributed by atoms with E-state index >= 15 is 0 Å². The van der Waals surface area contributed by atoms with Gasteiger partial charge < -0.3 is 20.3 Å². The van der Waals surface area contributed by atoms with Crippen molar-refractivity contribution < 1.29 is 19.1 Å². The molecule has 0 aliphatic heterocycles. The first-order chi connectivity index (χ1) is 17.0. The first-order valence-corrected chi connectivity index (χ1v) is 14.5. The zero-order valence-electron chi connectivity index (χ0n) is 23.1. The SMILES string of the molecule is CCCCCNC(=O)C(c1ccc(C)cc1)N(C(=O)C(CCSC)NC(=O)OC(C)(C)C)C1CC1C. The van der Waals surface area contributed by atoms with Gasteiger partial charge in [-0.3, -0.25) is 9.59 Å². The number of benzene rings is 1. The van der Waals surface area contributed by atoms with Gasteiger partial charge in [0.25, 0.3) is 0 Å². The van der Waals surface area contributed by atoms with Gasteiger partial charge in [-0.15, -0.1) is 0 Å². The first kappa shape index (κ1) is 30.0. The molecule has 0 saturated heterocycles. The third-order valence-electron chi connectivity index (χ3n) is 6.28. The van der Waals surface area contributed by atoms with E-state index in [4.69, 9.17) is 4.74 Å². The molecule has 0 bridgehead atoms. The molecule has 0 spiro atoms. The molecule has 2 rings (SSSR count). The molecule has 202 valence electrons. The molecule has 1 aromatic carbocycles. The van der Waals surface area contributed by atoms with Crippen molar-refractivity contribution in [2.45, 2.75) is 97.4 Å². The second-order valence-electron chi connectivity index (χ2n) is 10.8. The molecule has 1 aliphatic rings. The van der Waals surface area contributed by atoms with Crippen molar-refractivity contribution in [3.05, 3.63) is 35.4 Å². The Morgan fingerprint density at radius 1 is 1.17 bits per heavy atom. The number of hydrogen-bond donors (Lipinski definition) is 2. The highest BCUT2D eigenvalue weighted by Crippen LogP contribution is 2.41. The molecule has 0 heterocycles. The van der Waals surface area contributed by atoms with Crippen LogP contribution in [0.4, 0.5) is 4.79 Å². The van der Waals surface area contributed by atoms with Crippen molar-refractivity contribution in [2.24, 2.45) is 5.92 Å². The van der Waals surface area contributed by atoms with Crippen molar-refractivity contribution in [3.8, 4) is 0 Å². The normalized spacial score (nSPS) is 18.6. The lowest BCUT2D eigenvalue weighted by Gasteiger charge is -2.35. The molecular formula is C28H45N3O4S. The average molecular weight is 520 g/mol. The second-order valence-corrected chi connectivity index (χ2v) is 11.8. The van der Waals surface area contributed by atoms with Crippen molar-refractivity contribution in [3.63, 3.8) is 0 Å². The van der Waals surface area contributed by atoms with Gasteiger partial charge in [0.2, 0.25) is 11.8 Å². The third-order valence-corrected chi connectivity index (χ3v) is 6.92. The van der Waals surface area contributed by atoms with Crippen LogP contribution >= 0.6 is 11.8 Å². The van der Waals surface area contributed by atoms with Crippen LogP contribution in [-0.2, 0) is 14.3 Å². The minimum absolute atomic E-state index is 0.0533. The zero-order chi connectivity index (χ0) is 26.9. The largest absolute Gasteiger partial charge is 0.444 e. The van der Waals surface area contributed by atoms with Gasteiger partial charge in [0.1, 0.15) is 17.7 Å². The minimum Gasteiger partial charge on any atom is -0.444 e. The number of alkyl carbamates (subject to hydrolysis) is 1. The van der Waals surface area contributed by atoms with Gasteiger partial charge >= 0.3 is 6.09 Å². The number of rotatable bonds is 13. The van der Waals surface area contributed by atoms with E-state index in [9.17, 15) is 14.4 Å². The monoisotopic (exact) mass is 519 g/mol. The molecule has 0 aromatic heterocycles. The number of ether oxygens (including phenoxy) is 1. The predicted octanol–water partition coefficient (Wildman–Crippen LogP) is 5.23. The molecule has 1 aliphatic carbocycles. The van der Waals surface area contributed by atoms with Gasteiger partial charge in [0.05, 0.1) is 0 Å². The quantitative estimate of drug-likeness (QED) is 0.349. The van der Waals surface area contributed by atoms with Crippen molar-refractivity contribution >= 4 is 29.7 Å². The number of carbonyl (C=O) groups is 3. The Morgan fingerprint density at radius 3 is 2.33 bits per heavy atom. The predicted molar refractivity (Wildman–Crippen MR) is 147 cm³/mol. The fraction of sp³-hybridized carbons (Fsp3) is 0.679. The van der Waals surface area contributed by atoms with E-state index in [0.717, 1.165) is 36.8 Å². The maximum Gasteiger partial charge on any atom is 0.408 e. The second kappa shape index (κ2) is 13.9. The number of amides is 3. The molecule has 4 atom stereocenters. The lowest BCUT2D eigenvalue weighted by molar-refractivity contribution is -0.143. The summed E-state index contributed by atoms with van der Waals surface area (Å²) in [4.78, 5) is 42.1.